The monoisotopic (exact) mass is 445 g/mol. The minimum absolute atomic E-state index is 0.0196. The van der Waals surface area contributed by atoms with Crippen LogP contribution in [0.25, 0.3) is 0 Å². The number of nitro groups is 1. The molecule has 0 aromatic heterocycles. The molecule has 0 radical (unpaired) electrons. The Bertz CT molecular complexity index is 1160. The van der Waals surface area contributed by atoms with Gasteiger partial charge in [-0.1, -0.05) is 60.7 Å². The van der Waals surface area contributed by atoms with E-state index >= 15 is 0 Å². The van der Waals surface area contributed by atoms with Gasteiger partial charge in [-0.2, -0.15) is 5.10 Å². The third kappa shape index (κ3) is 4.27. The highest BCUT2D eigenvalue weighted by atomic mass is 16.6. The maximum absolute atomic E-state index is 13.0. The Kier molecular flexibility index (Phi) is 6.08. The number of phenolic OH excluding ortho intramolecular Hbond substituents is 1. The van der Waals surface area contributed by atoms with Crippen LogP contribution in [0.15, 0.2) is 77.9 Å². The summed E-state index contributed by atoms with van der Waals surface area (Å²) < 4.78 is 5.27. The smallest absolute Gasteiger partial charge is 0.315 e. The fourth-order valence-corrected chi connectivity index (χ4v) is 4.20. The number of ether oxygens (including phenoxy) is 1. The van der Waals surface area contributed by atoms with Gasteiger partial charge in [0.1, 0.15) is 0 Å². The standard InChI is InChI=1S/C25H23N3O5/c1-2-33-22-14-17(13-21(23(22)29)28(31)32)16-26-27-24(30)20-15-25(20,18-9-5-3-6-10-18)19-11-7-4-8-12-19/h3-14,16,20,29H,2,15H2,1H3,(H,27,30)/b26-16+/t20-/m0/s1. The number of benzene rings is 3. The zero-order chi connectivity index (χ0) is 23.4. The number of nitro benzene ring substituents is 1. The first-order valence-electron chi connectivity index (χ1n) is 10.6. The number of nitrogens with zero attached hydrogens (tertiary/aromatic N) is 2. The highest BCUT2D eigenvalue weighted by molar-refractivity contribution is 5.88. The molecule has 2 N–H and O–H groups in total. The summed E-state index contributed by atoms with van der Waals surface area (Å²) in [6.07, 6.45) is 1.95. The number of phenols is 1. The third-order valence-electron chi connectivity index (χ3n) is 5.82. The van der Waals surface area contributed by atoms with E-state index in [-0.39, 0.29) is 24.2 Å². The van der Waals surface area contributed by atoms with Crippen LogP contribution in [0.5, 0.6) is 11.5 Å². The first kappa shape index (κ1) is 22.0. The number of rotatable bonds is 8. The normalized spacial score (nSPS) is 16.3. The molecule has 1 atom stereocenters. The second kappa shape index (κ2) is 9.12. The summed E-state index contributed by atoms with van der Waals surface area (Å²) in [5, 5.41) is 25.2. The molecule has 0 saturated heterocycles. The minimum Gasteiger partial charge on any atom is -0.500 e. The van der Waals surface area contributed by atoms with Crippen LogP contribution in [0.4, 0.5) is 5.69 Å². The van der Waals surface area contributed by atoms with E-state index in [1.165, 1.54) is 18.3 Å². The van der Waals surface area contributed by atoms with Crippen LogP contribution >= 0.6 is 0 Å². The number of hydrogen-bond donors (Lipinski definition) is 2. The maximum atomic E-state index is 13.0. The molecule has 4 rings (SSSR count). The molecule has 3 aromatic carbocycles. The fraction of sp³-hybridized carbons (Fsp3) is 0.200. The summed E-state index contributed by atoms with van der Waals surface area (Å²) >= 11 is 0. The van der Waals surface area contributed by atoms with Gasteiger partial charge >= 0.3 is 5.69 Å². The van der Waals surface area contributed by atoms with Crippen LogP contribution in [0, 0.1) is 16.0 Å². The van der Waals surface area contributed by atoms with Crippen molar-refractivity contribution in [3.63, 3.8) is 0 Å². The summed E-state index contributed by atoms with van der Waals surface area (Å²) in [7, 11) is 0. The Morgan fingerprint density at radius 1 is 1.18 bits per heavy atom. The van der Waals surface area contributed by atoms with Crippen molar-refractivity contribution >= 4 is 17.8 Å². The molecule has 1 fully saturated rings. The molecular formula is C25H23N3O5. The molecule has 0 unspecified atom stereocenters. The van der Waals surface area contributed by atoms with E-state index in [4.69, 9.17) is 4.74 Å². The van der Waals surface area contributed by atoms with Crippen LogP contribution in [0.2, 0.25) is 0 Å². The van der Waals surface area contributed by atoms with E-state index in [0.717, 1.165) is 11.1 Å². The molecule has 1 saturated carbocycles. The van der Waals surface area contributed by atoms with E-state index in [1.54, 1.807) is 6.92 Å². The molecule has 8 nitrogen and oxygen atoms in total. The van der Waals surface area contributed by atoms with Gasteiger partial charge in [-0.05, 0) is 30.5 Å². The summed E-state index contributed by atoms with van der Waals surface area (Å²) in [6.45, 7) is 1.93. The average molecular weight is 445 g/mol. The van der Waals surface area contributed by atoms with Crippen molar-refractivity contribution in [3.8, 4) is 11.5 Å². The summed E-state index contributed by atoms with van der Waals surface area (Å²) in [4.78, 5) is 23.5. The van der Waals surface area contributed by atoms with Gasteiger partial charge in [-0.25, -0.2) is 5.43 Å². The van der Waals surface area contributed by atoms with Crippen molar-refractivity contribution in [2.24, 2.45) is 11.0 Å². The Morgan fingerprint density at radius 3 is 2.33 bits per heavy atom. The zero-order valence-electron chi connectivity index (χ0n) is 18.0. The molecular weight excluding hydrogens is 422 g/mol. The lowest BCUT2D eigenvalue weighted by atomic mass is 9.85. The number of hydrogen-bond acceptors (Lipinski definition) is 6. The molecule has 1 aliphatic rings. The molecule has 0 spiro atoms. The number of amides is 1. The van der Waals surface area contributed by atoms with Crippen LogP contribution < -0.4 is 10.2 Å². The summed E-state index contributed by atoms with van der Waals surface area (Å²) in [5.74, 6) is -1.10. The molecule has 0 bridgehead atoms. The second-order valence-corrected chi connectivity index (χ2v) is 7.77. The molecule has 8 heteroatoms. The third-order valence-corrected chi connectivity index (χ3v) is 5.82. The van der Waals surface area contributed by atoms with Crippen molar-refractivity contribution in [1.29, 1.82) is 0 Å². The molecule has 0 aliphatic heterocycles. The largest absolute Gasteiger partial charge is 0.500 e. The lowest BCUT2D eigenvalue weighted by molar-refractivity contribution is -0.386. The molecule has 168 valence electrons. The predicted molar refractivity (Wildman–Crippen MR) is 123 cm³/mol. The minimum atomic E-state index is -0.702. The summed E-state index contributed by atoms with van der Waals surface area (Å²) in [5.41, 5.74) is 4.09. The van der Waals surface area contributed by atoms with Gasteiger partial charge in [0.2, 0.25) is 11.7 Å². The Hall–Kier alpha value is -4.20. The van der Waals surface area contributed by atoms with Gasteiger partial charge in [0.05, 0.1) is 23.7 Å². The molecule has 0 heterocycles. The van der Waals surface area contributed by atoms with E-state index in [2.05, 4.69) is 10.5 Å². The molecule has 3 aromatic rings. The first-order valence-corrected chi connectivity index (χ1v) is 10.6. The van der Waals surface area contributed by atoms with E-state index in [9.17, 15) is 20.0 Å². The van der Waals surface area contributed by atoms with Gasteiger partial charge in [0, 0.05) is 17.0 Å². The van der Waals surface area contributed by atoms with E-state index in [0.29, 0.717) is 12.0 Å². The Morgan fingerprint density at radius 2 is 1.79 bits per heavy atom. The van der Waals surface area contributed by atoms with Crippen molar-refractivity contribution in [1.82, 2.24) is 5.43 Å². The maximum Gasteiger partial charge on any atom is 0.315 e. The number of carbonyl (C=O) groups excluding carboxylic acids is 1. The first-order chi connectivity index (χ1) is 16.0. The fourth-order valence-electron chi connectivity index (χ4n) is 4.20. The van der Waals surface area contributed by atoms with Gasteiger partial charge in [0.25, 0.3) is 0 Å². The van der Waals surface area contributed by atoms with Gasteiger partial charge in [0.15, 0.2) is 5.75 Å². The van der Waals surface area contributed by atoms with Gasteiger partial charge in [-0.3, -0.25) is 14.9 Å². The highest BCUT2D eigenvalue weighted by Crippen LogP contribution is 2.58. The van der Waals surface area contributed by atoms with Crippen molar-refractivity contribution in [3.05, 3.63) is 99.6 Å². The zero-order valence-corrected chi connectivity index (χ0v) is 18.0. The lowest BCUT2D eigenvalue weighted by Crippen LogP contribution is -2.25. The van der Waals surface area contributed by atoms with Crippen molar-refractivity contribution < 1.29 is 19.6 Å². The average Bonchev–Trinajstić information content (AvgIpc) is 3.59. The van der Waals surface area contributed by atoms with Crippen LogP contribution in [0.1, 0.15) is 30.0 Å². The number of hydrazone groups is 1. The second-order valence-electron chi connectivity index (χ2n) is 7.77. The van der Waals surface area contributed by atoms with Crippen LogP contribution in [0.3, 0.4) is 0 Å². The Labute approximate surface area is 190 Å². The van der Waals surface area contributed by atoms with E-state index < -0.39 is 21.8 Å². The molecule has 1 aliphatic carbocycles. The van der Waals surface area contributed by atoms with Crippen LogP contribution in [-0.4, -0.2) is 28.8 Å². The topological polar surface area (TPSA) is 114 Å². The Balaban J connectivity index is 1.54. The quantitative estimate of drug-likeness (QED) is 0.307. The van der Waals surface area contributed by atoms with Crippen molar-refractivity contribution in [2.45, 2.75) is 18.8 Å². The van der Waals surface area contributed by atoms with Gasteiger partial charge < -0.3 is 9.84 Å². The predicted octanol–water partition coefficient (Wildman–Crippen LogP) is 4.16. The molecule has 33 heavy (non-hydrogen) atoms. The lowest BCUT2D eigenvalue weighted by Gasteiger charge is -2.18. The SMILES string of the molecule is CCOc1cc(/C=N/NC(=O)[C@@H]2CC2(c2ccccc2)c2ccccc2)cc([N+](=O)[O-])c1O. The highest BCUT2D eigenvalue weighted by Gasteiger charge is 2.60. The number of carbonyl (C=O) groups is 1. The van der Waals surface area contributed by atoms with Crippen molar-refractivity contribution in [2.75, 3.05) is 6.61 Å². The summed E-state index contributed by atoms with van der Waals surface area (Å²) in [6, 6.07) is 22.4. The van der Waals surface area contributed by atoms with Gasteiger partial charge in [-0.15, -0.1) is 0 Å². The van der Waals surface area contributed by atoms with E-state index in [1.807, 2.05) is 60.7 Å². The number of nitrogens with one attached hydrogen (secondary N) is 1. The number of aromatic hydroxyl groups is 1. The molecule has 1 amide bonds. The van der Waals surface area contributed by atoms with Crippen LogP contribution in [-0.2, 0) is 10.2 Å².